The average Bonchev–Trinajstić information content (AvgIpc) is 2.56. The average molecular weight is 362 g/mol. The first-order valence-electron chi connectivity index (χ1n) is 7.39. The molecule has 1 aromatic heterocycles. The molecule has 0 saturated carbocycles. The minimum Gasteiger partial charge on any atom is -0.494 e. The third-order valence-electron chi connectivity index (χ3n) is 3.34. The van der Waals surface area contributed by atoms with E-state index in [0.717, 1.165) is 11.8 Å². The van der Waals surface area contributed by atoms with Crippen LogP contribution < -0.4 is 10.9 Å². The number of hydrogen-bond donors (Lipinski definition) is 3. The summed E-state index contributed by atoms with van der Waals surface area (Å²) in [6, 6.07) is 6.48. The van der Waals surface area contributed by atoms with E-state index in [0.29, 0.717) is 12.3 Å². The van der Waals surface area contributed by atoms with E-state index in [2.05, 4.69) is 15.3 Å². The topological polar surface area (TPSA) is 109 Å². The van der Waals surface area contributed by atoms with E-state index in [1.54, 1.807) is 12.1 Å². The van der Waals surface area contributed by atoms with Gasteiger partial charge in [-0.1, -0.05) is 17.7 Å². The number of anilines is 1. The number of ether oxygens (including phenoxy) is 1. The second-order valence-electron chi connectivity index (χ2n) is 5.20. The molecule has 0 spiro atoms. The lowest BCUT2D eigenvalue weighted by Crippen LogP contribution is -2.20. The number of aryl methyl sites for hydroxylation is 1. The van der Waals surface area contributed by atoms with Crippen LogP contribution in [-0.4, -0.2) is 40.6 Å². The molecule has 1 heterocycles. The highest BCUT2D eigenvalue weighted by atomic mass is 32.1. The summed E-state index contributed by atoms with van der Waals surface area (Å²) in [4.78, 5) is 29.9. The molecule has 0 aliphatic heterocycles. The number of benzene rings is 1. The Morgan fingerprint density at radius 3 is 2.76 bits per heavy atom. The smallest absolute Gasteiger partial charge is 0.345 e. The Bertz CT molecular complexity index is 900. The molecule has 2 rings (SSSR count). The van der Waals surface area contributed by atoms with Crippen LogP contribution >= 0.6 is 12.2 Å². The van der Waals surface area contributed by atoms with Gasteiger partial charge in [0, 0.05) is 12.8 Å². The molecule has 25 heavy (non-hydrogen) atoms. The van der Waals surface area contributed by atoms with Gasteiger partial charge in [-0.05, 0) is 31.3 Å². The Hall–Kier alpha value is -2.78. The van der Waals surface area contributed by atoms with Crippen molar-refractivity contribution in [2.45, 2.75) is 13.5 Å². The zero-order chi connectivity index (χ0) is 18.4. The number of methoxy groups -OCH3 is 1. The van der Waals surface area contributed by atoms with E-state index < -0.39 is 11.6 Å². The van der Waals surface area contributed by atoms with Crippen LogP contribution in [0.2, 0.25) is 0 Å². The highest BCUT2D eigenvalue weighted by molar-refractivity contribution is 7.71. The maximum atomic E-state index is 11.9. The summed E-state index contributed by atoms with van der Waals surface area (Å²) in [5.74, 6) is -0.377. The van der Waals surface area contributed by atoms with Crippen molar-refractivity contribution >= 4 is 30.2 Å². The van der Waals surface area contributed by atoms with Gasteiger partial charge in [-0.3, -0.25) is 14.3 Å². The molecule has 0 aliphatic carbocycles. The van der Waals surface area contributed by atoms with Gasteiger partial charge in [-0.15, -0.1) is 0 Å². The summed E-state index contributed by atoms with van der Waals surface area (Å²) >= 11 is 5.00. The molecule has 8 nitrogen and oxygen atoms in total. The van der Waals surface area contributed by atoms with Crippen molar-refractivity contribution in [3.8, 4) is 5.88 Å². The number of H-pyrrole nitrogens is 1. The first-order chi connectivity index (χ1) is 11.9. The zero-order valence-electron chi connectivity index (χ0n) is 13.8. The fraction of sp³-hybridized carbons (Fsp3) is 0.250. The number of nitrogens with one attached hydrogen (secondary N) is 2. The van der Waals surface area contributed by atoms with Crippen molar-refractivity contribution in [2.75, 3.05) is 19.0 Å². The van der Waals surface area contributed by atoms with Crippen molar-refractivity contribution < 1.29 is 14.6 Å². The predicted molar refractivity (Wildman–Crippen MR) is 97.2 cm³/mol. The second-order valence-corrected chi connectivity index (χ2v) is 5.58. The van der Waals surface area contributed by atoms with Crippen LogP contribution in [0.3, 0.4) is 0 Å². The molecule has 132 valence electrons. The summed E-state index contributed by atoms with van der Waals surface area (Å²) in [6.45, 7) is 2.47. The van der Waals surface area contributed by atoms with E-state index >= 15 is 0 Å². The number of amides is 2. The van der Waals surface area contributed by atoms with E-state index in [1.165, 1.54) is 11.7 Å². The third kappa shape index (κ3) is 4.85. The molecular weight excluding hydrogens is 344 g/mol. The third-order valence-corrected chi connectivity index (χ3v) is 3.66. The molecule has 9 heteroatoms. The van der Waals surface area contributed by atoms with E-state index in [-0.39, 0.29) is 22.8 Å². The fourth-order valence-corrected chi connectivity index (χ4v) is 2.27. The lowest BCUT2D eigenvalue weighted by Gasteiger charge is -2.10. The summed E-state index contributed by atoms with van der Waals surface area (Å²) in [7, 11) is 1.50. The van der Waals surface area contributed by atoms with Crippen LogP contribution in [-0.2, 0) is 11.3 Å². The van der Waals surface area contributed by atoms with Crippen molar-refractivity contribution in [3.05, 3.63) is 50.5 Å². The van der Waals surface area contributed by atoms with E-state index in [1.807, 2.05) is 19.1 Å². The number of rotatable bonds is 5. The summed E-state index contributed by atoms with van der Waals surface area (Å²) in [5.41, 5.74) is 0.830. The quantitative estimate of drug-likeness (QED) is 0.558. The molecule has 0 saturated heterocycles. The monoisotopic (exact) mass is 362 g/mol. The van der Waals surface area contributed by atoms with Gasteiger partial charge in [0.25, 0.3) is 5.56 Å². The minimum atomic E-state index is -0.673. The van der Waals surface area contributed by atoms with E-state index in [9.17, 15) is 14.7 Å². The van der Waals surface area contributed by atoms with Gasteiger partial charge in [-0.2, -0.15) is 0 Å². The number of nitrogens with zero attached hydrogens (tertiary/aromatic N) is 2. The lowest BCUT2D eigenvalue weighted by molar-refractivity contribution is 0.182. The highest BCUT2D eigenvalue weighted by Crippen LogP contribution is 2.12. The molecule has 0 atom stereocenters. The number of carbonyl (C=O) groups excluding carboxylic acids is 1. The van der Waals surface area contributed by atoms with Crippen LogP contribution in [0.25, 0.3) is 0 Å². The van der Waals surface area contributed by atoms with Gasteiger partial charge in [0.05, 0.1) is 19.4 Å². The van der Waals surface area contributed by atoms with E-state index in [4.69, 9.17) is 17.0 Å². The molecule has 2 aromatic rings. The maximum Gasteiger partial charge on any atom is 0.345 e. The van der Waals surface area contributed by atoms with Gasteiger partial charge in [0.1, 0.15) is 5.56 Å². The highest BCUT2D eigenvalue weighted by Gasteiger charge is 2.11. The largest absolute Gasteiger partial charge is 0.494 e. The van der Waals surface area contributed by atoms with Crippen LogP contribution in [0.4, 0.5) is 10.5 Å². The number of aliphatic imine (C=N–C) groups is 1. The van der Waals surface area contributed by atoms with Crippen molar-refractivity contribution in [1.82, 2.24) is 9.55 Å². The zero-order valence-corrected chi connectivity index (χ0v) is 14.6. The SMILES string of the molecule is COCCn1c(O)c(/C=N/C(=O)Nc2ccc(C)cc2)c(=O)[nH]c1=S. The van der Waals surface area contributed by atoms with Gasteiger partial charge < -0.3 is 15.2 Å². The number of carbonyl (C=O) groups is 1. The van der Waals surface area contributed by atoms with Gasteiger partial charge >= 0.3 is 6.03 Å². The molecule has 0 aliphatic rings. The van der Waals surface area contributed by atoms with Crippen LogP contribution in [0.15, 0.2) is 34.1 Å². The normalized spacial score (nSPS) is 11.0. The Kier molecular flexibility index (Phi) is 6.20. The molecular formula is C16H18N4O4S. The Labute approximate surface area is 148 Å². The first kappa shape index (κ1) is 18.6. The standard InChI is InChI=1S/C16H18N4O4S/c1-10-3-5-11(6-4-10)18-15(23)17-9-12-13(21)19-16(25)20(14(12)22)7-8-24-2/h3-6,9,22H,7-8H2,1-2H3,(H,18,23)(H,19,21,25)/b17-9+. The Morgan fingerprint density at radius 2 is 2.12 bits per heavy atom. The molecule has 0 radical (unpaired) electrons. The maximum absolute atomic E-state index is 11.9. The number of hydrogen-bond acceptors (Lipinski definition) is 5. The minimum absolute atomic E-state index is 0.0563. The second kappa shape index (κ2) is 8.36. The molecule has 0 unspecified atom stereocenters. The van der Waals surface area contributed by atoms with Crippen LogP contribution in [0, 0.1) is 11.7 Å². The summed E-state index contributed by atoms with van der Waals surface area (Å²) in [5, 5.41) is 12.8. The molecule has 2 amide bonds. The summed E-state index contributed by atoms with van der Waals surface area (Å²) in [6.07, 6.45) is 0.996. The predicted octanol–water partition coefficient (Wildman–Crippen LogP) is 2.22. The Morgan fingerprint density at radius 1 is 1.44 bits per heavy atom. The van der Waals surface area contributed by atoms with Crippen molar-refractivity contribution in [1.29, 1.82) is 0 Å². The first-order valence-corrected chi connectivity index (χ1v) is 7.80. The molecule has 1 aromatic carbocycles. The molecule has 0 fully saturated rings. The lowest BCUT2D eigenvalue weighted by atomic mass is 10.2. The van der Waals surface area contributed by atoms with Gasteiger partial charge in [0.15, 0.2) is 4.77 Å². The number of aromatic nitrogens is 2. The number of aromatic amines is 1. The van der Waals surface area contributed by atoms with Gasteiger partial charge in [0.2, 0.25) is 5.88 Å². The van der Waals surface area contributed by atoms with Gasteiger partial charge in [-0.25, -0.2) is 9.79 Å². The fourth-order valence-electron chi connectivity index (χ4n) is 2.00. The number of aromatic hydroxyl groups is 1. The van der Waals surface area contributed by atoms with Crippen LogP contribution in [0.5, 0.6) is 5.88 Å². The number of urea groups is 1. The van der Waals surface area contributed by atoms with Crippen LogP contribution in [0.1, 0.15) is 11.1 Å². The summed E-state index contributed by atoms with van der Waals surface area (Å²) < 4.78 is 6.28. The molecule has 3 N–H and O–H groups in total. The van der Waals surface area contributed by atoms with Crippen molar-refractivity contribution in [3.63, 3.8) is 0 Å². The van der Waals surface area contributed by atoms with Crippen molar-refractivity contribution in [2.24, 2.45) is 4.99 Å². The Balaban J connectivity index is 2.22. The molecule has 0 bridgehead atoms.